The lowest BCUT2D eigenvalue weighted by Gasteiger charge is -2.16. The number of anilines is 1. The summed E-state index contributed by atoms with van der Waals surface area (Å²) in [4.78, 5) is 13.9. The molecule has 0 radical (unpaired) electrons. The first kappa shape index (κ1) is 19.3. The first-order valence-corrected chi connectivity index (χ1v) is 10.6. The first-order valence-electron chi connectivity index (χ1n) is 9.38. The largest absolute Gasteiger partial charge is 0.364 e. The molecule has 6 heteroatoms. The number of pyridine rings is 1. The van der Waals surface area contributed by atoms with E-state index in [2.05, 4.69) is 29.4 Å². The molecule has 0 bridgehead atoms. The van der Waals surface area contributed by atoms with Crippen LogP contribution in [0.15, 0.2) is 82.9 Å². The number of hydrogen-bond acceptors (Lipinski definition) is 5. The van der Waals surface area contributed by atoms with Gasteiger partial charge in [-0.15, -0.1) is 0 Å². The molecule has 1 aromatic heterocycles. The highest BCUT2D eigenvalue weighted by molar-refractivity contribution is 8.13. The van der Waals surface area contributed by atoms with E-state index in [-0.39, 0.29) is 17.9 Å². The maximum Gasteiger partial charge on any atom is 0.183 e. The molecule has 0 unspecified atom stereocenters. The number of thioether (sulfide) groups is 1. The van der Waals surface area contributed by atoms with Gasteiger partial charge in [0.2, 0.25) is 0 Å². The topological polar surface area (TPSA) is 49.6 Å². The smallest absolute Gasteiger partial charge is 0.183 e. The summed E-state index contributed by atoms with van der Waals surface area (Å²) in [6.07, 6.45) is 3.73. The molecule has 0 saturated carbocycles. The van der Waals surface area contributed by atoms with Crippen LogP contribution in [0, 0.1) is 5.82 Å². The van der Waals surface area contributed by atoms with Crippen molar-refractivity contribution in [2.45, 2.75) is 19.0 Å². The molecule has 0 aliphatic carbocycles. The van der Waals surface area contributed by atoms with Crippen molar-refractivity contribution in [1.29, 1.82) is 0 Å². The Labute approximate surface area is 174 Å². The lowest BCUT2D eigenvalue weighted by atomic mass is 9.98. The van der Waals surface area contributed by atoms with Crippen molar-refractivity contribution in [2.24, 2.45) is 9.98 Å². The van der Waals surface area contributed by atoms with E-state index < -0.39 is 0 Å². The van der Waals surface area contributed by atoms with Crippen LogP contribution in [-0.4, -0.2) is 22.1 Å². The number of aromatic nitrogens is 1. The van der Waals surface area contributed by atoms with Gasteiger partial charge in [-0.2, -0.15) is 0 Å². The van der Waals surface area contributed by atoms with Crippen LogP contribution in [0.1, 0.15) is 35.7 Å². The summed E-state index contributed by atoms with van der Waals surface area (Å²) in [6, 6.07) is 20.5. The van der Waals surface area contributed by atoms with E-state index in [4.69, 9.17) is 9.98 Å². The van der Waals surface area contributed by atoms with Crippen LogP contribution in [-0.2, 0) is 0 Å². The second-order valence-corrected chi connectivity index (χ2v) is 7.55. The van der Waals surface area contributed by atoms with Gasteiger partial charge in [0, 0.05) is 17.8 Å². The number of aliphatic imine (C=N–C) groups is 2. The van der Waals surface area contributed by atoms with Crippen molar-refractivity contribution in [3.05, 3.63) is 95.4 Å². The lowest BCUT2D eigenvalue weighted by Crippen LogP contribution is -2.12. The van der Waals surface area contributed by atoms with E-state index in [1.54, 1.807) is 18.3 Å². The second-order valence-electron chi connectivity index (χ2n) is 6.77. The fourth-order valence-electron chi connectivity index (χ4n) is 3.28. The zero-order chi connectivity index (χ0) is 20.2. The second kappa shape index (κ2) is 8.57. The van der Waals surface area contributed by atoms with Crippen LogP contribution in [0.3, 0.4) is 0 Å². The molecular weight excluding hydrogens is 383 g/mol. The highest BCUT2D eigenvalue weighted by atomic mass is 32.2. The fraction of sp³-hybridized carbons (Fsp3) is 0.174. The molecule has 0 amide bonds. The van der Waals surface area contributed by atoms with Gasteiger partial charge in [-0.05, 0) is 48.6 Å². The van der Waals surface area contributed by atoms with E-state index in [0.29, 0.717) is 0 Å². The molecule has 1 aliphatic rings. The summed E-state index contributed by atoms with van der Waals surface area (Å²) in [5.41, 5.74) is 3.90. The Bertz CT molecular complexity index is 1050. The number of hydrogen-bond donors (Lipinski definition) is 1. The molecule has 0 saturated heterocycles. The number of nitrogens with zero attached hydrogens (tertiary/aromatic N) is 3. The Morgan fingerprint density at radius 2 is 1.79 bits per heavy atom. The van der Waals surface area contributed by atoms with Crippen molar-refractivity contribution in [2.75, 3.05) is 11.6 Å². The van der Waals surface area contributed by atoms with Crippen LogP contribution >= 0.6 is 11.8 Å². The molecule has 0 spiro atoms. The highest BCUT2D eigenvalue weighted by Crippen LogP contribution is 2.31. The van der Waals surface area contributed by atoms with Crippen LogP contribution in [0.5, 0.6) is 0 Å². The average molecular weight is 405 g/mol. The third-order valence-corrected chi connectivity index (χ3v) is 5.36. The van der Waals surface area contributed by atoms with Crippen LogP contribution < -0.4 is 5.32 Å². The predicted octanol–water partition coefficient (Wildman–Crippen LogP) is 5.66. The van der Waals surface area contributed by atoms with E-state index >= 15 is 0 Å². The van der Waals surface area contributed by atoms with Gasteiger partial charge in [0.15, 0.2) is 5.17 Å². The molecule has 1 aliphatic heterocycles. The minimum absolute atomic E-state index is 0.121. The highest BCUT2D eigenvalue weighted by Gasteiger charge is 2.26. The number of benzene rings is 2. The molecule has 2 atom stereocenters. The summed E-state index contributed by atoms with van der Waals surface area (Å²) in [7, 11) is 0. The average Bonchev–Trinajstić information content (AvgIpc) is 3.20. The zero-order valence-corrected chi connectivity index (χ0v) is 17.0. The van der Waals surface area contributed by atoms with Gasteiger partial charge in [0.25, 0.3) is 0 Å². The van der Waals surface area contributed by atoms with Gasteiger partial charge in [-0.25, -0.2) is 19.4 Å². The quantitative estimate of drug-likeness (QED) is 0.597. The third kappa shape index (κ3) is 4.38. The van der Waals surface area contributed by atoms with E-state index in [0.717, 1.165) is 27.8 Å². The summed E-state index contributed by atoms with van der Waals surface area (Å²) >= 11 is 1.50. The Kier molecular flexibility index (Phi) is 5.71. The Morgan fingerprint density at radius 3 is 2.52 bits per heavy atom. The van der Waals surface area contributed by atoms with Crippen molar-refractivity contribution >= 4 is 28.5 Å². The molecule has 29 heavy (non-hydrogen) atoms. The maximum atomic E-state index is 13.4. The molecule has 1 N–H and O–H groups in total. The number of rotatable bonds is 5. The number of nitrogens with one attached hydrogen (secondary N) is 1. The Balaban J connectivity index is 1.61. The van der Waals surface area contributed by atoms with Crippen molar-refractivity contribution in [1.82, 2.24) is 4.98 Å². The molecular formula is C23H21FN4S. The summed E-state index contributed by atoms with van der Waals surface area (Å²) in [5, 5.41) is 4.17. The molecule has 0 fully saturated rings. The van der Waals surface area contributed by atoms with Crippen LogP contribution in [0.25, 0.3) is 0 Å². The van der Waals surface area contributed by atoms with Gasteiger partial charge >= 0.3 is 0 Å². The van der Waals surface area contributed by atoms with Gasteiger partial charge in [-0.1, -0.05) is 54.2 Å². The molecule has 2 aromatic carbocycles. The lowest BCUT2D eigenvalue weighted by molar-refractivity contribution is 0.627. The third-order valence-electron chi connectivity index (χ3n) is 4.80. The molecule has 3 aromatic rings. The monoisotopic (exact) mass is 404 g/mol. The van der Waals surface area contributed by atoms with Crippen LogP contribution in [0.4, 0.5) is 10.2 Å². The van der Waals surface area contributed by atoms with Gasteiger partial charge in [0.1, 0.15) is 17.7 Å². The van der Waals surface area contributed by atoms with Gasteiger partial charge in [-0.3, -0.25) is 0 Å². The molecule has 4 nitrogen and oxygen atoms in total. The van der Waals surface area contributed by atoms with Gasteiger partial charge < -0.3 is 5.32 Å². The minimum atomic E-state index is -0.260. The first-order chi connectivity index (χ1) is 14.1. The summed E-state index contributed by atoms with van der Waals surface area (Å²) in [5.74, 6) is 0.515. The molecule has 146 valence electrons. The Morgan fingerprint density at radius 1 is 1.03 bits per heavy atom. The molecule has 2 heterocycles. The van der Waals surface area contributed by atoms with Crippen molar-refractivity contribution < 1.29 is 4.39 Å². The van der Waals surface area contributed by atoms with Crippen molar-refractivity contribution in [3.63, 3.8) is 0 Å². The standard InChI is InChI=1S/C23H21FN4S/c1-15(16-6-4-3-5-7-16)26-20-14-18(12-13-25-20)22-21(27-23(28-22)29-2)17-8-10-19(24)11-9-17/h3-15,21H,1-2H3,(H,25,26)/t15-,21+/m0/s1. The normalized spacial score (nSPS) is 16.9. The Hall–Kier alpha value is -2.99. The van der Waals surface area contributed by atoms with E-state index in [1.807, 2.05) is 36.6 Å². The van der Waals surface area contributed by atoms with E-state index in [1.165, 1.54) is 29.5 Å². The predicted molar refractivity (Wildman–Crippen MR) is 119 cm³/mol. The molecule has 4 rings (SSSR count). The summed E-state index contributed by atoms with van der Waals surface area (Å²) in [6.45, 7) is 2.10. The van der Waals surface area contributed by atoms with Crippen LogP contribution in [0.2, 0.25) is 0 Å². The number of halogens is 1. The fourth-order valence-corrected chi connectivity index (χ4v) is 3.68. The minimum Gasteiger partial charge on any atom is -0.364 e. The van der Waals surface area contributed by atoms with Gasteiger partial charge in [0.05, 0.1) is 5.71 Å². The zero-order valence-electron chi connectivity index (χ0n) is 16.2. The summed E-state index contributed by atoms with van der Waals surface area (Å²) < 4.78 is 13.4. The number of amidine groups is 1. The maximum absolute atomic E-state index is 13.4. The SMILES string of the molecule is CSC1=N[C@H](c2ccc(F)cc2)C(c2ccnc(N[C@@H](C)c3ccccc3)c2)=N1. The van der Waals surface area contributed by atoms with Crippen molar-refractivity contribution in [3.8, 4) is 0 Å². The van der Waals surface area contributed by atoms with E-state index in [9.17, 15) is 4.39 Å².